The van der Waals surface area contributed by atoms with Crippen LogP contribution in [0.5, 0.6) is 5.75 Å². The fourth-order valence-electron chi connectivity index (χ4n) is 1.85. The Morgan fingerprint density at radius 3 is 2.58 bits per heavy atom. The largest absolute Gasteiger partial charge is 0.506 e. The van der Waals surface area contributed by atoms with E-state index in [1.54, 1.807) is 38.1 Å². The Hall–Kier alpha value is -2.07. The number of phenols is 1. The van der Waals surface area contributed by atoms with Crippen LogP contribution in [-0.4, -0.2) is 28.3 Å². The summed E-state index contributed by atoms with van der Waals surface area (Å²) in [7, 11) is 0. The summed E-state index contributed by atoms with van der Waals surface area (Å²) in [5.41, 5.74) is -0.518. The Kier molecular flexibility index (Phi) is 3.44. The number of carbonyl (C=O) groups is 1. The first-order chi connectivity index (χ1) is 8.94. The SMILES string of the molecule is CC(C)(CO)NC(=O)c1ccc2ccccc2c1O. The molecule has 19 heavy (non-hydrogen) atoms. The van der Waals surface area contributed by atoms with Crippen LogP contribution in [0, 0.1) is 0 Å². The quantitative estimate of drug-likeness (QED) is 0.790. The third-order valence-electron chi connectivity index (χ3n) is 2.99. The van der Waals surface area contributed by atoms with E-state index in [0.29, 0.717) is 5.39 Å². The van der Waals surface area contributed by atoms with Crippen molar-refractivity contribution in [3.05, 3.63) is 42.0 Å². The standard InChI is InChI=1S/C15H17NO3/c1-15(2,9-17)16-14(19)12-8-7-10-5-3-4-6-11(10)13(12)18/h3-8,17-18H,9H2,1-2H3,(H,16,19). The van der Waals surface area contributed by atoms with Crippen LogP contribution < -0.4 is 5.32 Å². The lowest BCUT2D eigenvalue weighted by atomic mass is 10.0. The molecule has 2 rings (SSSR count). The zero-order valence-corrected chi connectivity index (χ0v) is 11.0. The minimum absolute atomic E-state index is 0.0376. The number of nitrogens with one attached hydrogen (secondary N) is 1. The molecule has 4 nitrogen and oxygen atoms in total. The minimum atomic E-state index is -0.727. The second-order valence-electron chi connectivity index (χ2n) is 5.18. The first-order valence-corrected chi connectivity index (χ1v) is 6.09. The number of phenolic OH excluding ortho intramolecular Hbond substituents is 1. The van der Waals surface area contributed by atoms with Crippen LogP contribution in [0.3, 0.4) is 0 Å². The van der Waals surface area contributed by atoms with Crippen molar-refractivity contribution in [3.8, 4) is 5.75 Å². The Labute approximate surface area is 111 Å². The summed E-state index contributed by atoms with van der Waals surface area (Å²) in [4.78, 5) is 12.1. The molecule has 100 valence electrons. The summed E-state index contributed by atoms with van der Waals surface area (Å²) in [6, 6.07) is 10.7. The van der Waals surface area contributed by atoms with Gasteiger partial charge in [-0.05, 0) is 25.3 Å². The zero-order valence-electron chi connectivity index (χ0n) is 11.0. The molecule has 0 atom stereocenters. The van der Waals surface area contributed by atoms with Crippen LogP contribution in [0.15, 0.2) is 36.4 Å². The van der Waals surface area contributed by atoms with Gasteiger partial charge >= 0.3 is 0 Å². The van der Waals surface area contributed by atoms with Gasteiger partial charge in [-0.1, -0.05) is 30.3 Å². The highest BCUT2D eigenvalue weighted by Crippen LogP contribution is 2.28. The van der Waals surface area contributed by atoms with Gasteiger partial charge < -0.3 is 15.5 Å². The normalized spacial score (nSPS) is 11.5. The summed E-state index contributed by atoms with van der Waals surface area (Å²) in [5.74, 6) is -0.438. The van der Waals surface area contributed by atoms with Crippen LogP contribution in [0.2, 0.25) is 0 Å². The Bertz CT molecular complexity index is 620. The van der Waals surface area contributed by atoms with Crippen LogP contribution in [0.1, 0.15) is 24.2 Å². The van der Waals surface area contributed by atoms with Gasteiger partial charge in [0.25, 0.3) is 5.91 Å². The third-order valence-corrected chi connectivity index (χ3v) is 2.99. The summed E-state index contributed by atoms with van der Waals surface area (Å²) in [6.45, 7) is 3.25. The number of carbonyl (C=O) groups excluding carboxylic acids is 1. The number of amides is 1. The number of aromatic hydroxyl groups is 1. The minimum Gasteiger partial charge on any atom is -0.506 e. The molecule has 0 saturated carbocycles. The maximum atomic E-state index is 12.1. The highest BCUT2D eigenvalue weighted by atomic mass is 16.3. The second-order valence-corrected chi connectivity index (χ2v) is 5.18. The van der Waals surface area contributed by atoms with Crippen molar-refractivity contribution in [3.63, 3.8) is 0 Å². The highest BCUT2D eigenvalue weighted by Gasteiger charge is 2.22. The van der Waals surface area contributed by atoms with Gasteiger partial charge in [-0.15, -0.1) is 0 Å². The fourth-order valence-corrected chi connectivity index (χ4v) is 1.85. The van der Waals surface area contributed by atoms with E-state index in [1.165, 1.54) is 0 Å². The number of aliphatic hydroxyl groups excluding tert-OH is 1. The maximum absolute atomic E-state index is 12.1. The molecule has 0 aliphatic carbocycles. The molecule has 0 aliphatic heterocycles. The van der Waals surface area contributed by atoms with Gasteiger partial charge in [0.15, 0.2) is 0 Å². The van der Waals surface area contributed by atoms with Crippen LogP contribution in [0.25, 0.3) is 10.8 Å². The van der Waals surface area contributed by atoms with Crippen molar-refractivity contribution in [2.24, 2.45) is 0 Å². The molecule has 0 aromatic heterocycles. The van der Waals surface area contributed by atoms with E-state index in [-0.39, 0.29) is 17.9 Å². The number of hydrogen-bond acceptors (Lipinski definition) is 3. The molecule has 2 aromatic rings. The molecule has 0 bridgehead atoms. The molecule has 2 aromatic carbocycles. The van der Waals surface area contributed by atoms with Crippen molar-refractivity contribution < 1.29 is 15.0 Å². The molecule has 0 radical (unpaired) electrons. The van der Waals surface area contributed by atoms with Gasteiger partial charge in [0.2, 0.25) is 0 Å². The first-order valence-electron chi connectivity index (χ1n) is 6.09. The lowest BCUT2D eigenvalue weighted by molar-refractivity contribution is 0.0867. The van der Waals surface area contributed by atoms with E-state index in [1.807, 2.05) is 12.1 Å². The Balaban J connectivity index is 2.41. The van der Waals surface area contributed by atoms with Crippen LogP contribution >= 0.6 is 0 Å². The lowest BCUT2D eigenvalue weighted by Crippen LogP contribution is -2.46. The number of hydrogen-bond donors (Lipinski definition) is 3. The molecule has 0 fully saturated rings. The summed E-state index contributed by atoms with van der Waals surface area (Å²) >= 11 is 0. The van der Waals surface area contributed by atoms with E-state index in [9.17, 15) is 9.90 Å². The van der Waals surface area contributed by atoms with Gasteiger partial charge in [-0.2, -0.15) is 0 Å². The van der Waals surface area contributed by atoms with Gasteiger partial charge in [-0.25, -0.2) is 0 Å². The van der Waals surface area contributed by atoms with Crippen molar-refractivity contribution >= 4 is 16.7 Å². The van der Waals surface area contributed by atoms with Crippen molar-refractivity contribution in [1.29, 1.82) is 0 Å². The van der Waals surface area contributed by atoms with Crippen LogP contribution in [-0.2, 0) is 0 Å². The third kappa shape index (κ3) is 2.69. The smallest absolute Gasteiger partial charge is 0.255 e. The van der Waals surface area contributed by atoms with E-state index in [4.69, 9.17) is 5.11 Å². The molecule has 4 heteroatoms. The summed E-state index contributed by atoms with van der Waals surface area (Å²) < 4.78 is 0. The monoisotopic (exact) mass is 259 g/mol. The van der Waals surface area contributed by atoms with Crippen molar-refractivity contribution in [2.45, 2.75) is 19.4 Å². The van der Waals surface area contributed by atoms with Gasteiger partial charge in [-0.3, -0.25) is 4.79 Å². The molecule has 0 aliphatic rings. The molecule has 0 unspecified atom stereocenters. The van der Waals surface area contributed by atoms with Gasteiger partial charge in [0.1, 0.15) is 5.75 Å². The van der Waals surface area contributed by atoms with E-state index in [2.05, 4.69) is 5.32 Å². The topological polar surface area (TPSA) is 69.6 Å². The molecule has 3 N–H and O–H groups in total. The van der Waals surface area contributed by atoms with Gasteiger partial charge in [0.05, 0.1) is 17.7 Å². The molecule has 1 amide bonds. The highest BCUT2D eigenvalue weighted by molar-refractivity contribution is 6.03. The predicted octanol–water partition coefficient (Wildman–Crippen LogP) is 2.05. The zero-order chi connectivity index (χ0) is 14.0. The molecular formula is C15H17NO3. The van der Waals surface area contributed by atoms with E-state index in [0.717, 1.165) is 5.39 Å². The summed E-state index contributed by atoms with van der Waals surface area (Å²) in [6.07, 6.45) is 0. The maximum Gasteiger partial charge on any atom is 0.255 e. The number of benzene rings is 2. The van der Waals surface area contributed by atoms with Gasteiger partial charge in [0, 0.05) is 5.39 Å². The fraction of sp³-hybridized carbons (Fsp3) is 0.267. The first kappa shape index (κ1) is 13.4. The Morgan fingerprint density at radius 1 is 1.21 bits per heavy atom. The average molecular weight is 259 g/mol. The predicted molar refractivity (Wildman–Crippen MR) is 74.2 cm³/mol. The number of fused-ring (bicyclic) bond motifs is 1. The second kappa shape index (κ2) is 4.90. The average Bonchev–Trinajstić information content (AvgIpc) is 2.39. The Morgan fingerprint density at radius 2 is 1.89 bits per heavy atom. The van der Waals surface area contributed by atoms with Crippen molar-refractivity contribution in [2.75, 3.05) is 6.61 Å². The van der Waals surface area contributed by atoms with Crippen molar-refractivity contribution in [1.82, 2.24) is 5.32 Å². The molecule has 0 heterocycles. The molecule has 0 spiro atoms. The van der Waals surface area contributed by atoms with Crippen LogP contribution in [0.4, 0.5) is 0 Å². The van der Waals surface area contributed by atoms with E-state index >= 15 is 0 Å². The lowest BCUT2D eigenvalue weighted by Gasteiger charge is -2.23. The summed E-state index contributed by atoms with van der Waals surface area (Å²) in [5, 5.41) is 23.5. The number of aliphatic hydroxyl groups is 1. The molecule has 0 saturated heterocycles. The molecular weight excluding hydrogens is 242 g/mol. The van der Waals surface area contributed by atoms with E-state index < -0.39 is 11.4 Å². The number of rotatable bonds is 3.